The lowest BCUT2D eigenvalue weighted by atomic mass is 10.2. The van der Waals surface area contributed by atoms with Crippen LogP contribution in [0.1, 0.15) is 20.3 Å². The summed E-state index contributed by atoms with van der Waals surface area (Å²) >= 11 is 0. The van der Waals surface area contributed by atoms with Gasteiger partial charge in [0.05, 0.1) is 0 Å². The number of amides is 1. The van der Waals surface area contributed by atoms with Crippen LogP contribution in [-0.4, -0.2) is 86.0 Å². The lowest BCUT2D eigenvalue weighted by Crippen LogP contribution is -2.53. The second kappa shape index (κ2) is 8.66. The van der Waals surface area contributed by atoms with E-state index in [-0.39, 0.29) is 12.5 Å². The van der Waals surface area contributed by atoms with Crippen molar-refractivity contribution in [3.05, 3.63) is 0 Å². The molecule has 0 atom stereocenters. The molecule has 0 aromatic rings. The van der Waals surface area contributed by atoms with Gasteiger partial charge in [0, 0.05) is 45.8 Å². The van der Waals surface area contributed by atoms with E-state index in [1.54, 1.807) is 0 Å². The van der Waals surface area contributed by atoms with Crippen LogP contribution in [0.5, 0.6) is 0 Å². The van der Waals surface area contributed by atoms with Gasteiger partial charge in [0.15, 0.2) is 0 Å². The van der Waals surface area contributed by atoms with E-state index in [1.807, 2.05) is 20.9 Å². The first kappa shape index (κ1) is 19.1. The Morgan fingerprint density at radius 1 is 1.27 bits per heavy atom. The summed E-state index contributed by atoms with van der Waals surface area (Å²) in [5.41, 5.74) is 0. The molecular formula is C13H28N4O4S. The molecule has 130 valence electrons. The number of likely N-dealkylation sites (N-methyl/N-ethyl adjacent to an activating group) is 1. The monoisotopic (exact) mass is 336 g/mol. The van der Waals surface area contributed by atoms with E-state index in [4.69, 9.17) is 5.11 Å². The molecule has 1 aliphatic rings. The molecule has 1 amide bonds. The van der Waals surface area contributed by atoms with Crippen LogP contribution in [0, 0.1) is 5.92 Å². The van der Waals surface area contributed by atoms with Gasteiger partial charge in [0.1, 0.15) is 0 Å². The summed E-state index contributed by atoms with van der Waals surface area (Å²) in [5.74, 6) is 0.217. The summed E-state index contributed by atoms with van der Waals surface area (Å²) in [5, 5.41) is 10.8. The molecule has 1 saturated heterocycles. The summed E-state index contributed by atoms with van der Waals surface area (Å²) in [6.07, 6.45) is -0.622. The van der Waals surface area contributed by atoms with E-state index in [9.17, 15) is 13.2 Å². The molecule has 22 heavy (non-hydrogen) atoms. The summed E-state index contributed by atoms with van der Waals surface area (Å²) in [6.45, 7) is 7.44. The Morgan fingerprint density at radius 3 is 2.36 bits per heavy atom. The van der Waals surface area contributed by atoms with Gasteiger partial charge in [-0.05, 0) is 19.4 Å². The van der Waals surface area contributed by atoms with E-state index >= 15 is 0 Å². The van der Waals surface area contributed by atoms with Gasteiger partial charge in [0.25, 0.3) is 10.2 Å². The topological polar surface area (TPSA) is 93.2 Å². The van der Waals surface area contributed by atoms with Crippen molar-refractivity contribution in [2.24, 2.45) is 5.92 Å². The maximum atomic E-state index is 12.8. The second-order valence-electron chi connectivity index (χ2n) is 6.05. The Bertz CT molecular complexity index is 447. The average Bonchev–Trinajstić information content (AvgIpc) is 2.42. The molecule has 0 aromatic carbocycles. The van der Waals surface area contributed by atoms with Crippen LogP contribution in [-0.2, 0) is 10.2 Å². The number of piperazine rings is 1. The highest BCUT2D eigenvalue weighted by molar-refractivity contribution is 7.86. The molecule has 2 N–H and O–H groups in total. The Balaban J connectivity index is 2.65. The second-order valence-corrected chi connectivity index (χ2v) is 7.98. The molecule has 0 unspecified atom stereocenters. The van der Waals surface area contributed by atoms with Crippen molar-refractivity contribution >= 4 is 16.3 Å². The average molecular weight is 336 g/mol. The summed E-state index contributed by atoms with van der Waals surface area (Å²) < 4.78 is 28.5. The zero-order valence-corrected chi connectivity index (χ0v) is 14.5. The molecule has 1 heterocycles. The number of hydrogen-bond acceptors (Lipinski definition) is 4. The summed E-state index contributed by atoms with van der Waals surface area (Å²) in [6, 6.07) is 0. The van der Waals surface area contributed by atoms with E-state index in [2.05, 4.69) is 10.2 Å². The quantitative estimate of drug-likeness (QED) is 0.613. The summed E-state index contributed by atoms with van der Waals surface area (Å²) in [7, 11) is -1.50. The summed E-state index contributed by atoms with van der Waals surface area (Å²) in [4.78, 5) is 12.5. The van der Waals surface area contributed by atoms with Crippen molar-refractivity contribution in [3.63, 3.8) is 0 Å². The first-order valence-corrected chi connectivity index (χ1v) is 9.03. The predicted octanol–water partition coefficient (Wildman–Crippen LogP) is 0.0943. The van der Waals surface area contributed by atoms with Crippen LogP contribution in [0.15, 0.2) is 0 Å². The van der Waals surface area contributed by atoms with Gasteiger partial charge < -0.3 is 15.3 Å². The highest BCUT2D eigenvalue weighted by atomic mass is 32.2. The van der Waals surface area contributed by atoms with Gasteiger partial charge in [-0.2, -0.15) is 17.0 Å². The Morgan fingerprint density at radius 2 is 1.86 bits per heavy atom. The van der Waals surface area contributed by atoms with Gasteiger partial charge in [-0.3, -0.25) is 0 Å². The van der Waals surface area contributed by atoms with Crippen LogP contribution in [0.4, 0.5) is 4.79 Å². The van der Waals surface area contributed by atoms with Gasteiger partial charge in [-0.15, -0.1) is 0 Å². The third kappa shape index (κ3) is 6.07. The van der Waals surface area contributed by atoms with Crippen molar-refractivity contribution < 1.29 is 18.3 Å². The van der Waals surface area contributed by atoms with E-state index in [1.165, 1.54) is 8.61 Å². The van der Waals surface area contributed by atoms with Gasteiger partial charge in [0.2, 0.25) is 0 Å². The maximum Gasteiger partial charge on any atom is 0.404 e. The maximum absolute atomic E-state index is 12.8. The minimum Gasteiger partial charge on any atom is -0.465 e. The molecule has 0 aromatic heterocycles. The molecule has 0 saturated carbocycles. The van der Waals surface area contributed by atoms with Gasteiger partial charge in [-0.25, -0.2) is 4.79 Å². The number of hydrogen-bond donors (Lipinski definition) is 2. The van der Waals surface area contributed by atoms with Crippen LogP contribution < -0.4 is 5.32 Å². The first-order valence-electron chi connectivity index (χ1n) is 7.64. The minimum absolute atomic E-state index is 0.217. The fourth-order valence-corrected chi connectivity index (χ4v) is 4.14. The number of carboxylic acid groups (broad SMARTS) is 1. The molecule has 9 heteroatoms. The van der Waals surface area contributed by atoms with Crippen molar-refractivity contribution in [1.82, 2.24) is 18.8 Å². The molecule has 0 radical (unpaired) electrons. The molecule has 0 bridgehead atoms. The van der Waals surface area contributed by atoms with E-state index < -0.39 is 16.3 Å². The fraction of sp³-hybridized carbons (Fsp3) is 0.923. The first-order chi connectivity index (χ1) is 10.2. The normalized spacial score (nSPS) is 18.0. The van der Waals surface area contributed by atoms with Crippen LogP contribution >= 0.6 is 0 Å². The largest absolute Gasteiger partial charge is 0.465 e. The lowest BCUT2D eigenvalue weighted by Gasteiger charge is -2.35. The standard InChI is InChI=1S/C13H28N4O4S/c1-12(2)11-17(6-4-5-14-13(18)19)22(20,21)16-9-7-15(3)8-10-16/h12,14H,4-11H2,1-3H3,(H,18,19). The molecular weight excluding hydrogens is 308 g/mol. The van der Waals surface area contributed by atoms with Gasteiger partial charge in [-0.1, -0.05) is 13.8 Å². The Kier molecular flexibility index (Phi) is 7.54. The smallest absolute Gasteiger partial charge is 0.404 e. The third-order valence-electron chi connectivity index (χ3n) is 3.54. The van der Waals surface area contributed by atoms with Gasteiger partial charge >= 0.3 is 6.09 Å². The zero-order chi connectivity index (χ0) is 16.8. The molecule has 1 fully saturated rings. The molecule has 1 rings (SSSR count). The number of nitrogens with one attached hydrogen (secondary N) is 1. The van der Waals surface area contributed by atoms with Crippen molar-refractivity contribution in [3.8, 4) is 0 Å². The zero-order valence-electron chi connectivity index (χ0n) is 13.7. The van der Waals surface area contributed by atoms with E-state index in [0.29, 0.717) is 32.6 Å². The Hall–Kier alpha value is -0.900. The predicted molar refractivity (Wildman–Crippen MR) is 85.0 cm³/mol. The SMILES string of the molecule is CC(C)CN(CCCNC(=O)O)S(=O)(=O)N1CCN(C)CC1. The van der Waals surface area contributed by atoms with Crippen molar-refractivity contribution in [1.29, 1.82) is 0 Å². The van der Waals surface area contributed by atoms with Crippen LogP contribution in [0.3, 0.4) is 0 Å². The highest BCUT2D eigenvalue weighted by Gasteiger charge is 2.31. The van der Waals surface area contributed by atoms with E-state index in [0.717, 1.165) is 13.1 Å². The Labute approximate surface area is 133 Å². The lowest BCUT2D eigenvalue weighted by molar-refractivity contribution is 0.193. The molecule has 8 nitrogen and oxygen atoms in total. The fourth-order valence-electron chi connectivity index (χ4n) is 2.34. The molecule has 1 aliphatic heterocycles. The van der Waals surface area contributed by atoms with Crippen molar-refractivity contribution in [2.45, 2.75) is 20.3 Å². The highest BCUT2D eigenvalue weighted by Crippen LogP contribution is 2.14. The number of rotatable bonds is 8. The number of carbonyl (C=O) groups is 1. The molecule has 0 aliphatic carbocycles. The number of nitrogens with zero attached hydrogens (tertiary/aromatic N) is 3. The third-order valence-corrected chi connectivity index (χ3v) is 5.55. The van der Waals surface area contributed by atoms with Crippen LogP contribution in [0.25, 0.3) is 0 Å². The minimum atomic E-state index is -3.48. The molecule has 0 spiro atoms. The van der Waals surface area contributed by atoms with Crippen LogP contribution in [0.2, 0.25) is 0 Å². The van der Waals surface area contributed by atoms with Crippen molar-refractivity contribution in [2.75, 3.05) is 52.9 Å².